The van der Waals surface area contributed by atoms with E-state index in [1.165, 1.54) is 12.1 Å². The molecule has 0 spiro atoms. The smallest absolute Gasteiger partial charge is 0.233 e. The SMILES string of the molecule is O=C(CC(=O)N1CCC(O)CC1)Nc1ccc(Cl)nc1Cl. The zero-order chi connectivity index (χ0) is 15.4. The van der Waals surface area contributed by atoms with Gasteiger partial charge < -0.3 is 15.3 Å². The van der Waals surface area contributed by atoms with E-state index in [2.05, 4.69) is 10.3 Å². The zero-order valence-electron chi connectivity index (χ0n) is 11.2. The molecule has 1 fully saturated rings. The average molecular weight is 332 g/mol. The highest BCUT2D eigenvalue weighted by molar-refractivity contribution is 6.34. The second-order valence-corrected chi connectivity index (χ2v) is 5.55. The highest BCUT2D eigenvalue weighted by Crippen LogP contribution is 2.21. The summed E-state index contributed by atoms with van der Waals surface area (Å²) in [4.78, 5) is 29.2. The lowest BCUT2D eigenvalue weighted by molar-refractivity contribution is -0.136. The molecule has 0 atom stereocenters. The summed E-state index contributed by atoms with van der Waals surface area (Å²) >= 11 is 11.5. The Balaban J connectivity index is 1.88. The highest BCUT2D eigenvalue weighted by Gasteiger charge is 2.23. The van der Waals surface area contributed by atoms with Crippen LogP contribution in [0.15, 0.2) is 12.1 Å². The van der Waals surface area contributed by atoms with Crippen molar-refractivity contribution in [1.82, 2.24) is 9.88 Å². The Bertz CT molecular complexity index is 545. The summed E-state index contributed by atoms with van der Waals surface area (Å²) in [5, 5.41) is 12.2. The van der Waals surface area contributed by atoms with Crippen molar-refractivity contribution in [2.45, 2.75) is 25.4 Å². The van der Waals surface area contributed by atoms with Crippen LogP contribution < -0.4 is 5.32 Å². The van der Waals surface area contributed by atoms with Crippen LogP contribution in [-0.2, 0) is 9.59 Å². The monoisotopic (exact) mass is 331 g/mol. The molecule has 0 aromatic carbocycles. The molecule has 0 saturated carbocycles. The molecule has 2 amide bonds. The first kappa shape index (κ1) is 16.0. The number of rotatable bonds is 3. The minimum absolute atomic E-state index is 0.0735. The van der Waals surface area contributed by atoms with Crippen molar-refractivity contribution in [2.24, 2.45) is 0 Å². The second-order valence-electron chi connectivity index (χ2n) is 4.81. The summed E-state index contributed by atoms with van der Waals surface area (Å²) in [6.45, 7) is 0.938. The molecule has 0 unspecified atom stereocenters. The normalized spacial score (nSPS) is 15.9. The van der Waals surface area contributed by atoms with Gasteiger partial charge in [0.25, 0.3) is 0 Å². The molecule has 0 bridgehead atoms. The van der Waals surface area contributed by atoms with Gasteiger partial charge in [-0.1, -0.05) is 23.2 Å². The largest absolute Gasteiger partial charge is 0.393 e. The summed E-state index contributed by atoms with van der Waals surface area (Å²) in [6.07, 6.45) is 0.456. The van der Waals surface area contributed by atoms with Crippen LogP contribution in [0.25, 0.3) is 0 Å². The average Bonchev–Trinajstić information content (AvgIpc) is 2.42. The molecule has 8 heteroatoms. The van der Waals surface area contributed by atoms with Gasteiger partial charge in [0.1, 0.15) is 11.6 Å². The van der Waals surface area contributed by atoms with Crippen molar-refractivity contribution < 1.29 is 14.7 Å². The van der Waals surface area contributed by atoms with Crippen molar-refractivity contribution in [2.75, 3.05) is 18.4 Å². The maximum Gasteiger partial charge on any atom is 0.233 e. The summed E-state index contributed by atoms with van der Waals surface area (Å²) in [7, 11) is 0. The number of hydrogen-bond acceptors (Lipinski definition) is 4. The number of piperidine rings is 1. The number of pyridine rings is 1. The number of nitrogens with zero attached hydrogens (tertiary/aromatic N) is 2. The molecule has 1 aromatic rings. The van der Waals surface area contributed by atoms with E-state index in [0.717, 1.165) is 0 Å². The predicted molar refractivity (Wildman–Crippen MR) is 79.3 cm³/mol. The maximum absolute atomic E-state index is 12.0. The summed E-state index contributed by atoms with van der Waals surface area (Å²) in [5.74, 6) is -0.727. The lowest BCUT2D eigenvalue weighted by atomic mass is 10.1. The first-order chi connectivity index (χ1) is 9.95. The third kappa shape index (κ3) is 4.56. The fourth-order valence-corrected chi connectivity index (χ4v) is 2.46. The van der Waals surface area contributed by atoms with Gasteiger partial charge in [0, 0.05) is 13.1 Å². The molecule has 114 valence electrons. The lowest BCUT2D eigenvalue weighted by Crippen LogP contribution is -2.41. The first-order valence-corrected chi connectivity index (χ1v) is 7.29. The molecule has 1 aliphatic rings. The van der Waals surface area contributed by atoms with E-state index in [0.29, 0.717) is 31.6 Å². The van der Waals surface area contributed by atoms with E-state index in [4.69, 9.17) is 23.2 Å². The first-order valence-electron chi connectivity index (χ1n) is 6.53. The van der Waals surface area contributed by atoms with Gasteiger partial charge in [-0.05, 0) is 25.0 Å². The number of halogens is 2. The van der Waals surface area contributed by atoms with Crippen molar-refractivity contribution in [1.29, 1.82) is 0 Å². The zero-order valence-corrected chi connectivity index (χ0v) is 12.7. The Morgan fingerprint density at radius 2 is 2.00 bits per heavy atom. The molecule has 2 rings (SSSR count). The summed E-state index contributed by atoms with van der Waals surface area (Å²) in [6, 6.07) is 3.02. The molecule has 2 N–H and O–H groups in total. The number of hydrogen-bond donors (Lipinski definition) is 2. The van der Waals surface area contributed by atoms with Gasteiger partial charge in [0.2, 0.25) is 11.8 Å². The van der Waals surface area contributed by atoms with E-state index < -0.39 is 5.91 Å². The number of amides is 2. The molecule has 0 aliphatic carbocycles. The molecule has 2 heterocycles. The van der Waals surface area contributed by atoms with Gasteiger partial charge in [0.05, 0.1) is 11.8 Å². The van der Waals surface area contributed by atoms with Crippen LogP contribution in [-0.4, -0.2) is 46.0 Å². The topological polar surface area (TPSA) is 82.5 Å². The molecule has 1 aliphatic heterocycles. The van der Waals surface area contributed by atoms with E-state index in [-0.39, 0.29) is 28.7 Å². The number of likely N-dealkylation sites (tertiary alicyclic amines) is 1. The molecule has 1 saturated heterocycles. The Hall–Kier alpha value is -1.37. The Labute approximate surface area is 132 Å². The summed E-state index contributed by atoms with van der Waals surface area (Å²) in [5.41, 5.74) is 0.313. The van der Waals surface area contributed by atoms with Gasteiger partial charge in [0.15, 0.2) is 5.15 Å². The summed E-state index contributed by atoms with van der Waals surface area (Å²) < 4.78 is 0. The van der Waals surface area contributed by atoms with Crippen molar-refractivity contribution in [3.63, 3.8) is 0 Å². The standard InChI is InChI=1S/C13H15Cl2N3O3/c14-10-2-1-9(13(15)17-10)16-11(20)7-12(21)18-5-3-8(19)4-6-18/h1-2,8,19H,3-7H2,(H,16,20). The fourth-order valence-electron chi connectivity index (χ4n) is 2.06. The maximum atomic E-state index is 12.0. The van der Waals surface area contributed by atoms with Crippen LogP contribution in [0.4, 0.5) is 5.69 Å². The van der Waals surface area contributed by atoms with Crippen molar-refractivity contribution >= 4 is 40.7 Å². The number of aliphatic hydroxyl groups excluding tert-OH is 1. The number of aliphatic hydroxyl groups is 1. The number of carbonyl (C=O) groups excluding carboxylic acids is 2. The van der Waals surface area contributed by atoms with E-state index in [1.807, 2.05) is 0 Å². The van der Waals surface area contributed by atoms with Crippen LogP contribution in [0.1, 0.15) is 19.3 Å². The van der Waals surface area contributed by atoms with E-state index in [1.54, 1.807) is 4.90 Å². The van der Waals surface area contributed by atoms with Crippen LogP contribution in [0, 0.1) is 0 Å². The van der Waals surface area contributed by atoms with Crippen molar-refractivity contribution in [3.05, 3.63) is 22.4 Å². The number of carbonyl (C=O) groups is 2. The molecule has 0 radical (unpaired) electrons. The van der Waals surface area contributed by atoms with Gasteiger partial charge in [-0.3, -0.25) is 9.59 Å². The van der Waals surface area contributed by atoms with Crippen LogP contribution >= 0.6 is 23.2 Å². The second kappa shape index (κ2) is 7.06. The lowest BCUT2D eigenvalue weighted by Gasteiger charge is -2.29. The van der Waals surface area contributed by atoms with Crippen molar-refractivity contribution in [3.8, 4) is 0 Å². The van der Waals surface area contributed by atoms with Gasteiger partial charge in [-0.25, -0.2) is 4.98 Å². The van der Waals surface area contributed by atoms with Gasteiger partial charge in [-0.15, -0.1) is 0 Å². The Morgan fingerprint density at radius 3 is 2.62 bits per heavy atom. The van der Waals surface area contributed by atoms with E-state index in [9.17, 15) is 14.7 Å². The Morgan fingerprint density at radius 1 is 1.33 bits per heavy atom. The third-order valence-corrected chi connectivity index (χ3v) is 3.72. The molecular formula is C13H15Cl2N3O3. The Kier molecular flexibility index (Phi) is 5.39. The molecule has 6 nitrogen and oxygen atoms in total. The quantitative estimate of drug-likeness (QED) is 0.652. The van der Waals surface area contributed by atoms with Gasteiger partial charge >= 0.3 is 0 Å². The van der Waals surface area contributed by atoms with Crippen LogP contribution in [0.5, 0.6) is 0 Å². The number of anilines is 1. The van der Waals surface area contributed by atoms with Crippen LogP contribution in [0.2, 0.25) is 10.3 Å². The van der Waals surface area contributed by atoms with E-state index >= 15 is 0 Å². The fraction of sp³-hybridized carbons (Fsp3) is 0.462. The highest BCUT2D eigenvalue weighted by atomic mass is 35.5. The van der Waals surface area contributed by atoms with Crippen LogP contribution in [0.3, 0.4) is 0 Å². The molecular weight excluding hydrogens is 317 g/mol. The van der Waals surface area contributed by atoms with Gasteiger partial charge in [-0.2, -0.15) is 0 Å². The minimum atomic E-state index is -0.461. The minimum Gasteiger partial charge on any atom is -0.393 e. The molecule has 21 heavy (non-hydrogen) atoms. The molecule has 1 aromatic heterocycles. The number of nitrogens with one attached hydrogen (secondary N) is 1. The third-order valence-electron chi connectivity index (χ3n) is 3.22. The number of aromatic nitrogens is 1. The predicted octanol–water partition coefficient (Wildman–Crippen LogP) is 1.70.